The molecular formula is C9H11IO3. The van der Waals surface area contributed by atoms with Crippen molar-refractivity contribution in [1.29, 1.82) is 0 Å². The van der Waals surface area contributed by atoms with Crippen molar-refractivity contribution in [3.63, 3.8) is 0 Å². The maximum atomic E-state index is 11.1. The van der Waals surface area contributed by atoms with Gasteiger partial charge >= 0.3 is 11.9 Å². The van der Waals surface area contributed by atoms with E-state index in [-0.39, 0.29) is 0 Å². The molecule has 1 aliphatic heterocycles. The Hall–Kier alpha value is -0.390. The molecule has 0 saturated heterocycles. The van der Waals surface area contributed by atoms with Crippen LogP contribution in [-0.4, -0.2) is 11.9 Å². The van der Waals surface area contributed by atoms with E-state index in [0.29, 0.717) is 15.6 Å². The average molecular weight is 294 g/mol. The predicted octanol–water partition coefficient (Wildman–Crippen LogP) is 2.34. The van der Waals surface area contributed by atoms with Crippen LogP contribution in [0.15, 0.2) is 9.15 Å². The third-order valence-electron chi connectivity index (χ3n) is 1.91. The number of ether oxygens (including phenoxy) is 1. The van der Waals surface area contributed by atoms with E-state index in [0.717, 1.165) is 19.3 Å². The summed E-state index contributed by atoms with van der Waals surface area (Å²) in [5.41, 5.74) is 0.555. The Morgan fingerprint density at radius 1 is 1.23 bits per heavy atom. The molecule has 13 heavy (non-hydrogen) atoms. The number of unbranched alkanes of at least 4 members (excludes halogenated alkanes) is 2. The van der Waals surface area contributed by atoms with Crippen LogP contribution in [0.2, 0.25) is 0 Å². The minimum atomic E-state index is -0.489. The van der Waals surface area contributed by atoms with Gasteiger partial charge in [-0.25, -0.2) is 9.59 Å². The Morgan fingerprint density at radius 3 is 2.38 bits per heavy atom. The van der Waals surface area contributed by atoms with E-state index in [2.05, 4.69) is 11.7 Å². The van der Waals surface area contributed by atoms with Gasteiger partial charge in [0.2, 0.25) is 0 Å². The zero-order chi connectivity index (χ0) is 9.84. The van der Waals surface area contributed by atoms with Crippen molar-refractivity contribution in [3.8, 4) is 0 Å². The first-order valence-corrected chi connectivity index (χ1v) is 5.39. The Labute approximate surface area is 90.7 Å². The molecule has 1 aliphatic rings. The van der Waals surface area contributed by atoms with Gasteiger partial charge in [0.15, 0.2) is 0 Å². The molecule has 0 N–H and O–H groups in total. The summed E-state index contributed by atoms with van der Waals surface area (Å²) in [5, 5.41) is 0. The van der Waals surface area contributed by atoms with E-state index in [1.807, 2.05) is 22.6 Å². The van der Waals surface area contributed by atoms with Crippen LogP contribution in [0.1, 0.15) is 32.6 Å². The molecule has 0 atom stereocenters. The van der Waals surface area contributed by atoms with Gasteiger partial charge in [0, 0.05) is 0 Å². The van der Waals surface area contributed by atoms with E-state index in [9.17, 15) is 9.59 Å². The molecule has 0 unspecified atom stereocenters. The van der Waals surface area contributed by atoms with Gasteiger partial charge in [-0.15, -0.1) is 0 Å². The number of carbonyl (C=O) groups is 2. The summed E-state index contributed by atoms with van der Waals surface area (Å²) in [6.45, 7) is 2.09. The zero-order valence-electron chi connectivity index (χ0n) is 7.43. The van der Waals surface area contributed by atoms with Crippen molar-refractivity contribution >= 4 is 34.5 Å². The first-order valence-electron chi connectivity index (χ1n) is 4.32. The summed E-state index contributed by atoms with van der Waals surface area (Å²) in [6.07, 6.45) is 3.79. The maximum absolute atomic E-state index is 11.1. The van der Waals surface area contributed by atoms with Crippen molar-refractivity contribution in [2.45, 2.75) is 32.6 Å². The number of esters is 2. The lowest BCUT2D eigenvalue weighted by Crippen LogP contribution is -2.01. The van der Waals surface area contributed by atoms with Gasteiger partial charge in [-0.05, 0) is 35.4 Å². The molecule has 0 bridgehead atoms. The lowest BCUT2D eigenvalue weighted by molar-refractivity contribution is -0.150. The smallest absolute Gasteiger partial charge is 0.352 e. The molecule has 0 amide bonds. The van der Waals surface area contributed by atoms with E-state index in [4.69, 9.17) is 0 Å². The fourth-order valence-electron chi connectivity index (χ4n) is 1.17. The highest BCUT2D eigenvalue weighted by molar-refractivity contribution is 14.1. The molecule has 4 heteroatoms. The molecule has 0 saturated carbocycles. The highest BCUT2D eigenvalue weighted by Gasteiger charge is 2.30. The molecular weight excluding hydrogens is 283 g/mol. The Balaban J connectivity index is 2.56. The standard InChI is InChI=1S/C9H11IO3/c1-2-3-4-5-6-7(10)9(12)13-8(6)11/h2-5H2,1H3. The molecule has 0 fully saturated rings. The Morgan fingerprint density at radius 2 is 1.92 bits per heavy atom. The number of cyclic esters (lactones) is 2. The summed E-state index contributed by atoms with van der Waals surface area (Å²) < 4.78 is 4.91. The van der Waals surface area contributed by atoms with E-state index >= 15 is 0 Å². The molecule has 0 aliphatic carbocycles. The van der Waals surface area contributed by atoms with Crippen LogP contribution >= 0.6 is 22.6 Å². The Kier molecular flexibility index (Phi) is 3.90. The van der Waals surface area contributed by atoms with Gasteiger partial charge in [0.05, 0.1) is 5.57 Å². The van der Waals surface area contributed by atoms with Gasteiger partial charge in [-0.2, -0.15) is 0 Å². The van der Waals surface area contributed by atoms with Gasteiger partial charge < -0.3 is 4.74 Å². The quantitative estimate of drug-likeness (QED) is 0.346. The third-order valence-corrected chi connectivity index (χ3v) is 3.00. The summed E-state index contributed by atoms with van der Waals surface area (Å²) in [7, 11) is 0. The van der Waals surface area contributed by atoms with Crippen LogP contribution in [0.3, 0.4) is 0 Å². The molecule has 1 heterocycles. The third kappa shape index (κ3) is 2.52. The van der Waals surface area contributed by atoms with Crippen LogP contribution in [0.5, 0.6) is 0 Å². The molecule has 0 aromatic heterocycles. The van der Waals surface area contributed by atoms with Gasteiger partial charge in [0.25, 0.3) is 0 Å². The van der Waals surface area contributed by atoms with Crippen LogP contribution in [0.4, 0.5) is 0 Å². The van der Waals surface area contributed by atoms with Crippen LogP contribution < -0.4 is 0 Å². The molecule has 1 rings (SSSR count). The Bertz CT molecular complexity index is 268. The van der Waals surface area contributed by atoms with E-state index < -0.39 is 11.9 Å². The molecule has 0 radical (unpaired) electrons. The minimum Gasteiger partial charge on any atom is -0.386 e. The molecule has 72 valence electrons. The maximum Gasteiger partial charge on any atom is 0.352 e. The predicted molar refractivity (Wildman–Crippen MR) is 56.3 cm³/mol. The second-order valence-electron chi connectivity index (χ2n) is 2.93. The number of carbonyl (C=O) groups excluding carboxylic acids is 2. The molecule has 3 nitrogen and oxygen atoms in total. The second-order valence-corrected chi connectivity index (χ2v) is 4.01. The number of rotatable bonds is 4. The molecule has 0 aromatic rings. The van der Waals surface area contributed by atoms with Crippen molar-refractivity contribution in [1.82, 2.24) is 0 Å². The van der Waals surface area contributed by atoms with Crippen molar-refractivity contribution in [2.24, 2.45) is 0 Å². The van der Waals surface area contributed by atoms with Crippen molar-refractivity contribution in [2.75, 3.05) is 0 Å². The van der Waals surface area contributed by atoms with Crippen LogP contribution in [0, 0.1) is 0 Å². The van der Waals surface area contributed by atoms with E-state index in [1.165, 1.54) is 0 Å². The summed E-state index contributed by atoms with van der Waals surface area (Å²) in [4.78, 5) is 22.0. The highest BCUT2D eigenvalue weighted by atomic mass is 127. The topological polar surface area (TPSA) is 43.4 Å². The normalized spacial score (nSPS) is 16.8. The van der Waals surface area contributed by atoms with Crippen LogP contribution in [-0.2, 0) is 14.3 Å². The lowest BCUT2D eigenvalue weighted by atomic mass is 10.1. The average Bonchev–Trinajstić information content (AvgIpc) is 2.32. The fraction of sp³-hybridized carbons (Fsp3) is 0.556. The number of hydrogen-bond donors (Lipinski definition) is 0. The fourth-order valence-corrected chi connectivity index (χ4v) is 1.77. The summed E-state index contributed by atoms with van der Waals surface area (Å²) in [6, 6.07) is 0. The largest absolute Gasteiger partial charge is 0.386 e. The van der Waals surface area contributed by atoms with Crippen molar-refractivity contribution < 1.29 is 14.3 Å². The van der Waals surface area contributed by atoms with E-state index in [1.54, 1.807) is 0 Å². The van der Waals surface area contributed by atoms with Crippen molar-refractivity contribution in [3.05, 3.63) is 9.15 Å². The molecule has 0 spiro atoms. The van der Waals surface area contributed by atoms with Gasteiger partial charge in [-0.1, -0.05) is 19.8 Å². The van der Waals surface area contributed by atoms with Crippen LogP contribution in [0.25, 0.3) is 0 Å². The monoisotopic (exact) mass is 294 g/mol. The zero-order valence-corrected chi connectivity index (χ0v) is 9.59. The summed E-state index contributed by atoms with van der Waals surface area (Å²) >= 11 is 1.87. The summed E-state index contributed by atoms with van der Waals surface area (Å²) in [5.74, 6) is -0.942. The second kappa shape index (κ2) is 4.74. The molecule has 0 aromatic carbocycles. The van der Waals surface area contributed by atoms with Gasteiger partial charge in [-0.3, -0.25) is 0 Å². The van der Waals surface area contributed by atoms with Gasteiger partial charge in [0.1, 0.15) is 3.58 Å². The first kappa shape index (κ1) is 10.7. The number of halogens is 1. The minimum absolute atomic E-state index is 0.453. The first-order chi connectivity index (χ1) is 6.16. The lowest BCUT2D eigenvalue weighted by Gasteiger charge is -1.97. The SMILES string of the molecule is CCCCCC1=C(I)C(=O)OC1=O. The highest BCUT2D eigenvalue weighted by Crippen LogP contribution is 2.26. The number of hydrogen-bond acceptors (Lipinski definition) is 3.